The molecule has 1 heterocycles. The number of likely N-dealkylation sites (tertiary alicyclic amines) is 1. The molecular weight excluding hydrogens is 302 g/mol. The average molecular weight is 327 g/mol. The minimum atomic E-state index is -3.01. The van der Waals surface area contributed by atoms with Crippen LogP contribution in [0.3, 0.4) is 0 Å². The first kappa shape index (κ1) is 17.4. The van der Waals surface area contributed by atoms with Crippen molar-refractivity contribution in [3.05, 3.63) is 35.9 Å². The number of aliphatic hydroxyl groups is 2. The summed E-state index contributed by atoms with van der Waals surface area (Å²) in [5, 5.41) is 20.3. The highest BCUT2D eigenvalue weighted by molar-refractivity contribution is 7.90. The van der Waals surface area contributed by atoms with Gasteiger partial charge in [0.25, 0.3) is 0 Å². The number of piperidine rings is 1. The monoisotopic (exact) mass is 327 g/mol. The standard InChI is InChI=1S/C16H25NO4S/c1-22(20,21)10-9-17-8-7-15(19)16(12-17,13-18)11-14-5-3-2-4-6-14/h2-6,15,18-19H,7-13H2,1H3/t15-,16+/m0/s1. The summed E-state index contributed by atoms with van der Waals surface area (Å²) in [4.78, 5) is 2.03. The molecule has 0 aliphatic carbocycles. The maximum Gasteiger partial charge on any atom is 0.148 e. The van der Waals surface area contributed by atoms with Crippen molar-refractivity contribution in [2.75, 3.05) is 38.2 Å². The second kappa shape index (κ2) is 7.08. The van der Waals surface area contributed by atoms with Crippen LogP contribution >= 0.6 is 0 Å². The van der Waals surface area contributed by atoms with Crippen molar-refractivity contribution in [2.24, 2.45) is 5.41 Å². The van der Waals surface area contributed by atoms with Crippen LogP contribution in [0.1, 0.15) is 12.0 Å². The lowest BCUT2D eigenvalue weighted by Gasteiger charge is -2.45. The van der Waals surface area contributed by atoms with Gasteiger partial charge in [-0.2, -0.15) is 0 Å². The molecule has 0 saturated carbocycles. The Balaban J connectivity index is 2.10. The van der Waals surface area contributed by atoms with Gasteiger partial charge in [-0.15, -0.1) is 0 Å². The summed E-state index contributed by atoms with van der Waals surface area (Å²) < 4.78 is 22.7. The number of nitrogens with zero attached hydrogens (tertiary/aromatic N) is 1. The van der Waals surface area contributed by atoms with Gasteiger partial charge in [0.05, 0.1) is 18.5 Å². The van der Waals surface area contributed by atoms with E-state index in [1.807, 2.05) is 35.2 Å². The zero-order chi connectivity index (χ0) is 16.2. The Morgan fingerprint density at radius 1 is 1.32 bits per heavy atom. The number of sulfone groups is 1. The highest BCUT2D eigenvalue weighted by atomic mass is 32.2. The summed E-state index contributed by atoms with van der Waals surface area (Å²) in [6.07, 6.45) is 1.79. The quantitative estimate of drug-likeness (QED) is 0.787. The zero-order valence-electron chi connectivity index (χ0n) is 13.0. The van der Waals surface area contributed by atoms with Gasteiger partial charge in [0, 0.05) is 31.3 Å². The van der Waals surface area contributed by atoms with Gasteiger partial charge in [0.2, 0.25) is 0 Å². The highest BCUT2D eigenvalue weighted by Gasteiger charge is 2.42. The van der Waals surface area contributed by atoms with Crippen molar-refractivity contribution in [2.45, 2.75) is 18.9 Å². The SMILES string of the molecule is CS(=O)(=O)CCN1CC[C@H](O)[C@](CO)(Cc2ccccc2)C1. The summed E-state index contributed by atoms with van der Waals surface area (Å²) in [7, 11) is -3.01. The molecule has 0 aromatic heterocycles. The summed E-state index contributed by atoms with van der Waals surface area (Å²) in [5.74, 6) is 0.107. The number of benzene rings is 1. The van der Waals surface area contributed by atoms with Crippen LogP contribution in [-0.4, -0.2) is 67.9 Å². The molecule has 1 aliphatic rings. The van der Waals surface area contributed by atoms with Gasteiger partial charge in [0.1, 0.15) is 9.84 Å². The lowest BCUT2D eigenvalue weighted by atomic mass is 9.73. The molecule has 124 valence electrons. The highest BCUT2D eigenvalue weighted by Crippen LogP contribution is 2.33. The van der Waals surface area contributed by atoms with Gasteiger partial charge < -0.3 is 15.1 Å². The van der Waals surface area contributed by atoms with Crippen LogP contribution in [0.5, 0.6) is 0 Å². The van der Waals surface area contributed by atoms with Crippen molar-refractivity contribution < 1.29 is 18.6 Å². The molecule has 1 aromatic carbocycles. The third kappa shape index (κ3) is 4.52. The molecule has 0 spiro atoms. The second-order valence-corrected chi connectivity index (χ2v) is 8.65. The smallest absolute Gasteiger partial charge is 0.148 e. The molecule has 0 amide bonds. The normalized spacial score (nSPS) is 27.0. The molecule has 1 fully saturated rings. The maximum absolute atomic E-state index is 11.3. The maximum atomic E-state index is 11.3. The molecule has 1 saturated heterocycles. The Labute approximate surface area is 132 Å². The van der Waals surface area contributed by atoms with Gasteiger partial charge in [-0.3, -0.25) is 0 Å². The molecule has 6 heteroatoms. The van der Waals surface area contributed by atoms with E-state index in [4.69, 9.17) is 0 Å². The predicted molar refractivity (Wildman–Crippen MR) is 86.4 cm³/mol. The lowest BCUT2D eigenvalue weighted by Crippen LogP contribution is -2.55. The van der Waals surface area contributed by atoms with E-state index in [-0.39, 0.29) is 12.4 Å². The van der Waals surface area contributed by atoms with Crippen LogP contribution in [-0.2, 0) is 16.3 Å². The predicted octanol–water partition coefficient (Wildman–Crippen LogP) is 0.319. The zero-order valence-corrected chi connectivity index (χ0v) is 13.8. The molecule has 2 rings (SSSR count). The van der Waals surface area contributed by atoms with Crippen LogP contribution in [0.25, 0.3) is 0 Å². The summed E-state index contributed by atoms with van der Waals surface area (Å²) in [6.45, 7) is 1.50. The van der Waals surface area contributed by atoms with E-state index < -0.39 is 21.4 Å². The van der Waals surface area contributed by atoms with Crippen molar-refractivity contribution in [3.63, 3.8) is 0 Å². The van der Waals surface area contributed by atoms with Crippen molar-refractivity contribution in [3.8, 4) is 0 Å². The van der Waals surface area contributed by atoms with Crippen LogP contribution in [0, 0.1) is 5.41 Å². The van der Waals surface area contributed by atoms with Gasteiger partial charge >= 0.3 is 0 Å². The average Bonchev–Trinajstić information content (AvgIpc) is 2.48. The lowest BCUT2D eigenvalue weighted by molar-refractivity contribution is -0.0734. The third-order valence-electron chi connectivity index (χ3n) is 4.46. The van der Waals surface area contributed by atoms with Crippen molar-refractivity contribution >= 4 is 9.84 Å². The molecule has 1 aliphatic heterocycles. The number of hydrogen-bond donors (Lipinski definition) is 2. The first-order valence-corrected chi connectivity index (χ1v) is 9.64. The van der Waals surface area contributed by atoms with E-state index in [1.165, 1.54) is 6.26 Å². The van der Waals surface area contributed by atoms with E-state index in [0.29, 0.717) is 32.5 Å². The second-order valence-electron chi connectivity index (χ2n) is 6.39. The molecule has 5 nitrogen and oxygen atoms in total. The number of rotatable bonds is 6. The molecule has 2 N–H and O–H groups in total. The van der Waals surface area contributed by atoms with E-state index in [0.717, 1.165) is 5.56 Å². The fraction of sp³-hybridized carbons (Fsp3) is 0.625. The Bertz CT molecular complexity index is 575. The minimum absolute atomic E-state index is 0.107. The molecule has 22 heavy (non-hydrogen) atoms. The van der Waals surface area contributed by atoms with Gasteiger partial charge in [0.15, 0.2) is 0 Å². The summed E-state index contributed by atoms with van der Waals surface area (Å²) in [6, 6.07) is 9.79. The Kier molecular flexibility index (Phi) is 5.60. The first-order chi connectivity index (χ1) is 10.3. The molecule has 1 aromatic rings. The largest absolute Gasteiger partial charge is 0.396 e. The Morgan fingerprint density at radius 3 is 2.59 bits per heavy atom. The minimum Gasteiger partial charge on any atom is -0.396 e. The van der Waals surface area contributed by atoms with Gasteiger partial charge in [-0.05, 0) is 18.4 Å². The fourth-order valence-corrected chi connectivity index (χ4v) is 3.70. The van der Waals surface area contributed by atoms with E-state index in [9.17, 15) is 18.6 Å². The van der Waals surface area contributed by atoms with Crippen molar-refractivity contribution in [1.29, 1.82) is 0 Å². The van der Waals surface area contributed by atoms with Crippen LogP contribution in [0.4, 0.5) is 0 Å². The topological polar surface area (TPSA) is 77.8 Å². The van der Waals surface area contributed by atoms with Gasteiger partial charge in [-0.1, -0.05) is 30.3 Å². The number of aliphatic hydroxyl groups excluding tert-OH is 2. The van der Waals surface area contributed by atoms with Crippen LogP contribution in [0.15, 0.2) is 30.3 Å². The van der Waals surface area contributed by atoms with E-state index in [1.54, 1.807) is 0 Å². The van der Waals surface area contributed by atoms with Crippen LogP contribution in [0.2, 0.25) is 0 Å². The number of hydrogen-bond acceptors (Lipinski definition) is 5. The molecule has 0 unspecified atom stereocenters. The summed E-state index contributed by atoms with van der Waals surface area (Å²) >= 11 is 0. The summed E-state index contributed by atoms with van der Waals surface area (Å²) in [5.41, 5.74) is 0.442. The van der Waals surface area contributed by atoms with Crippen LogP contribution < -0.4 is 0 Å². The Hall–Kier alpha value is -0.950. The third-order valence-corrected chi connectivity index (χ3v) is 5.38. The Morgan fingerprint density at radius 2 is 2.00 bits per heavy atom. The molecule has 2 atom stereocenters. The molecule has 0 radical (unpaired) electrons. The first-order valence-electron chi connectivity index (χ1n) is 7.58. The van der Waals surface area contributed by atoms with Crippen molar-refractivity contribution in [1.82, 2.24) is 4.90 Å². The van der Waals surface area contributed by atoms with E-state index in [2.05, 4.69) is 0 Å². The molecular formula is C16H25NO4S. The van der Waals surface area contributed by atoms with Gasteiger partial charge in [-0.25, -0.2) is 8.42 Å². The van der Waals surface area contributed by atoms with E-state index >= 15 is 0 Å². The molecule has 0 bridgehead atoms. The fourth-order valence-electron chi connectivity index (χ4n) is 3.11.